The van der Waals surface area contributed by atoms with Gasteiger partial charge in [-0.3, -0.25) is 9.59 Å². The standard InChI is InChI=1S/C11H12N2O3/c1-16-8-4-2-3-7(5-8)9-6-12-10(14)11(15)13-9/h2-5,9H,6H2,1H3,(H,12,14)(H,13,15). The lowest BCUT2D eigenvalue weighted by Crippen LogP contribution is -2.51. The highest BCUT2D eigenvalue weighted by Gasteiger charge is 2.25. The summed E-state index contributed by atoms with van der Waals surface area (Å²) in [5, 5.41) is 5.15. The molecule has 5 heteroatoms. The van der Waals surface area contributed by atoms with Crippen molar-refractivity contribution in [2.75, 3.05) is 13.7 Å². The monoisotopic (exact) mass is 220 g/mol. The molecular formula is C11H12N2O3. The molecule has 1 saturated heterocycles. The lowest BCUT2D eigenvalue weighted by Gasteiger charge is -2.24. The maximum atomic E-state index is 11.2. The van der Waals surface area contributed by atoms with Gasteiger partial charge in [-0.25, -0.2) is 0 Å². The van der Waals surface area contributed by atoms with E-state index in [1.165, 1.54) is 0 Å². The third-order valence-corrected chi connectivity index (χ3v) is 2.47. The van der Waals surface area contributed by atoms with Gasteiger partial charge >= 0.3 is 11.8 Å². The Balaban J connectivity index is 2.18. The molecule has 1 aromatic rings. The van der Waals surface area contributed by atoms with Crippen LogP contribution in [-0.4, -0.2) is 25.5 Å². The summed E-state index contributed by atoms with van der Waals surface area (Å²) in [7, 11) is 1.58. The third kappa shape index (κ3) is 1.98. The number of nitrogens with one attached hydrogen (secondary N) is 2. The van der Waals surface area contributed by atoms with Crippen molar-refractivity contribution in [1.82, 2.24) is 10.6 Å². The van der Waals surface area contributed by atoms with Crippen molar-refractivity contribution < 1.29 is 14.3 Å². The Hall–Kier alpha value is -2.04. The van der Waals surface area contributed by atoms with Gasteiger partial charge in [0.05, 0.1) is 13.2 Å². The summed E-state index contributed by atoms with van der Waals surface area (Å²) in [4.78, 5) is 22.1. The van der Waals surface area contributed by atoms with Gasteiger partial charge in [-0.15, -0.1) is 0 Å². The fourth-order valence-electron chi connectivity index (χ4n) is 1.61. The minimum atomic E-state index is -0.598. The van der Waals surface area contributed by atoms with Gasteiger partial charge < -0.3 is 15.4 Å². The maximum absolute atomic E-state index is 11.2. The van der Waals surface area contributed by atoms with Crippen molar-refractivity contribution in [3.63, 3.8) is 0 Å². The number of ether oxygens (including phenoxy) is 1. The van der Waals surface area contributed by atoms with E-state index in [9.17, 15) is 9.59 Å². The van der Waals surface area contributed by atoms with Crippen molar-refractivity contribution in [1.29, 1.82) is 0 Å². The van der Waals surface area contributed by atoms with E-state index in [0.29, 0.717) is 6.54 Å². The average molecular weight is 220 g/mol. The van der Waals surface area contributed by atoms with Gasteiger partial charge in [-0.05, 0) is 17.7 Å². The second kappa shape index (κ2) is 4.22. The van der Waals surface area contributed by atoms with Crippen LogP contribution < -0.4 is 15.4 Å². The van der Waals surface area contributed by atoms with Crippen LogP contribution in [0.2, 0.25) is 0 Å². The minimum Gasteiger partial charge on any atom is -0.497 e. The molecule has 0 aliphatic carbocycles. The highest BCUT2D eigenvalue weighted by Crippen LogP contribution is 2.19. The third-order valence-electron chi connectivity index (χ3n) is 2.47. The first kappa shape index (κ1) is 10.5. The molecule has 0 saturated carbocycles. The molecule has 0 aromatic heterocycles. The zero-order valence-electron chi connectivity index (χ0n) is 8.82. The Morgan fingerprint density at radius 3 is 2.81 bits per heavy atom. The van der Waals surface area contributed by atoms with Crippen LogP contribution >= 0.6 is 0 Å². The van der Waals surface area contributed by atoms with Gasteiger partial charge in [-0.1, -0.05) is 12.1 Å². The molecule has 1 aromatic carbocycles. The Labute approximate surface area is 92.8 Å². The molecule has 84 valence electrons. The van der Waals surface area contributed by atoms with Gasteiger partial charge in [0.25, 0.3) is 0 Å². The van der Waals surface area contributed by atoms with Crippen molar-refractivity contribution in [2.45, 2.75) is 6.04 Å². The Morgan fingerprint density at radius 2 is 2.12 bits per heavy atom. The van der Waals surface area contributed by atoms with E-state index in [1.54, 1.807) is 7.11 Å². The molecule has 0 bridgehead atoms. The van der Waals surface area contributed by atoms with Gasteiger partial charge in [-0.2, -0.15) is 0 Å². The van der Waals surface area contributed by atoms with Gasteiger partial charge in [0, 0.05) is 6.54 Å². The SMILES string of the molecule is COc1cccc(C2CNC(=O)C(=O)N2)c1. The second-order valence-corrected chi connectivity index (χ2v) is 3.51. The predicted molar refractivity (Wildman–Crippen MR) is 56.9 cm³/mol. The first-order chi connectivity index (χ1) is 7.70. The van der Waals surface area contributed by atoms with Crippen LogP contribution in [0, 0.1) is 0 Å². The van der Waals surface area contributed by atoms with Crippen LogP contribution in [0.3, 0.4) is 0 Å². The summed E-state index contributed by atoms with van der Waals surface area (Å²) in [5.41, 5.74) is 0.910. The number of methoxy groups -OCH3 is 1. The van der Waals surface area contributed by atoms with E-state index in [-0.39, 0.29) is 6.04 Å². The van der Waals surface area contributed by atoms with Crippen LogP contribution in [0.25, 0.3) is 0 Å². The fraction of sp³-hybridized carbons (Fsp3) is 0.273. The summed E-state index contributed by atoms with van der Waals surface area (Å²) < 4.78 is 5.09. The second-order valence-electron chi connectivity index (χ2n) is 3.51. The molecular weight excluding hydrogens is 208 g/mol. The lowest BCUT2D eigenvalue weighted by molar-refractivity contribution is -0.141. The highest BCUT2D eigenvalue weighted by molar-refractivity contribution is 6.35. The predicted octanol–water partition coefficient (Wildman–Crippen LogP) is -0.0177. The van der Waals surface area contributed by atoms with Gasteiger partial charge in [0.15, 0.2) is 0 Å². The number of carbonyl (C=O) groups excluding carboxylic acids is 2. The highest BCUT2D eigenvalue weighted by atomic mass is 16.5. The first-order valence-corrected chi connectivity index (χ1v) is 4.93. The number of amides is 2. The molecule has 0 spiro atoms. The molecule has 2 rings (SSSR count). The minimum absolute atomic E-state index is 0.194. The van der Waals surface area contributed by atoms with Crippen molar-refractivity contribution in [2.24, 2.45) is 0 Å². The number of hydrogen-bond donors (Lipinski definition) is 2. The number of piperazine rings is 1. The average Bonchev–Trinajstić information content (AvgIpc) is 2.33. The summed E-state index contributed by atoms with van der Waals surface area (Å²) in [6, 6.07) is 7.19. The lowest BCUT2D eigenvalue weighted by atomic mass is 10.1. The molecule has 1 fully saturated rings. The zero-order valence-corrected chi connectivity index (χ0v) is 8.82. The Kier molecular flexibility index (Phi) is 2.76. The summed E-state index contributed by atoms with van der Waals surface area (Å²) >= 11 is 0. The Morgan fingerprint density at radius 1 is 1.31 bits per heavy atom. The molecule has 1 aliphatic rings. The van der Waals surface area contributed by atoms with Crippen molar-refractivity contribution in [3.05, 3.63) is 29.8 Å². The molecule has 2 N–H and O–H groups in total. The fourth-order valence-corrected chi connectivity index (χ4v) is 1.61. The normalized spacial score (nSPS) is 19.9. The molecule has 1 unspecified atom stereocenters. The quantitative estimate of drug-likeness (QED) is 0.688. The maximum Gasteiger partial charge on any atom is 0.309 e. The summed E-state index contributed by atoms with van der Waals surface area (Å²) in [6.45, 7) is 0.401. The van der Waals surface area contributed by atoms with Crippen LogP contribution in [0.5, 0.6) is 5.75 Å². The van der Waals surface area contributed by atoms with E-state index >= 15 is 0 Å². The van der Waals surface area contributed by atoms with Crippen LogP contribution in [0.15, 0.2) is 24.3 Å². The van der Waals surface area contributed by atoms with Gasteiger partial charge in [0.2, 0.25) is 0 Å². The topological polar surface area (TPSA) is 67.4 Å². The van der Waals surface area contributed by atoms with Crippen LogP contribution in [-0.2, 0) is 9.59 Å². The first-order valence-electron chi connectivity index (χ1n) is 4.93. The molecule has 0 radical (unpaired) electrons. The number of hydrogen-bond acceptors (Lipinski definition) is 3. The molecule has 1 aliphatic heterocycles. The summed E-state index contributed by atoms with van der Waals surface area (Å²) in [5.74, 6) is -0.457. The summed E-state index contributed by atoms with van der Waals surface area (Å²) in [6.07, 6.45) is 0. The van der Waals surface area contributed by atoms with E-state index in [1.807, 2.05) is 24.3 Å². The Bertz CT molecular complexity index is 431. The van der Waals surface area contributed by atoms with Crippen molar-refractivity contribution >= 4 is 11.8 Å². The molecule has 1 heterocycles. The number of benzene rings is 1. The van der Waals surface area contributed by atoms with Gasteiger partial charge in [0.1, 0.15) is 5.75 Å². The number of rotatable bonds is 2. The van der Waals surface area contributed by atoms with Crippen LogP contribution in [0.4, 0.5) is 0 Å². The van der Waals surface area contributed by atoms with E-state index < -0.39 is 11.8 Å². The van der Waals surface area contributed by atoms with E-state index in [2.05, 4.69) is 10.6 Å². The van der Waals surface area contributed by atoms with E-state index in [0.717, 1.165) is 11.3 Å². The smallest absolute Gasteiger partial charge is 0.309 e. The van der Waals surface area contributed by atoms with Crippen molar-refractivity contribution in [3.8, 4) is 5.75 Å². The zero-order chi connectivity index (χ0) is 11.5. The molecule has 5 nitrogen and oxygen atoms in total. The number of carbonyl (C=O) groups is 2. The van der Waals surface area contributed by atoms with E-state index in [4.69, 9.17) is 4.74 Å². The van der Waals surface area contributed by atoms with Crippen LogP contribution in [0.1, 0.15) is 11.6 Å². The molecule has 16 heavy (non-hydrogen) atoms. The molecule has 2 amide bonds. The largest absolute Gasteiger partial charge is 0.497 e. The molecule has 1 atom stereocenters.